The fourth-order valence-corrected chi connectivity index (χ4v) is 3.96. The van der Waals surface area contributed by atoms with Crippen LogP contribution in [0.25, 0.3) is 0 Å². The van der Waals surface area contributed by atoms with E-state index in [4.69, 9.17) is 11.5 Å². The number of carboxylic acid groups (broad SMARTS) is 1. The molecular formula is C28H37N5O7. The Morgan fingerprint density at radius 1 is 0.750 bits per heavy atom. The molecule has 4 unspecified atom stereocenters. The van der Waals surface area contributed by atoms with Crippen molar-refractivity contribution in [2.45, 2.75) is 63.7 Å². The summed E-state index contributed by atoms with van der Waals surface area (Å²) in [5.41, 5.74) is 12.8. The zero-order chi connectivity index (χ0) is 29.8. The smallest absolute Gasteiger partial charge is 0.326 e. The number of amides is 4. The minimum absolute atomic E-state index is 0.00578. The highest BCUT2D eigenvalue weighted by atomic mass is 16.4. The van der Waals surface area contributed by atoms with E-state index in [9.17, 15) is 34.2 Å². The van der Waals surface area contributed by atoms with Crippen LogP contribution >= 0.6 is 0 Å². The molecule has 4 atom stereocenters. The first kappa shape index (κ1) is 31.8. The van der Waals surface area contributed by atoms with Crippen LogP contribution in [0.4, 0.5) is 0 Å². The van der Waals surface area contributed by atoms with E-state index in [0.29, 0.717) is 5.56 Å². The number of carbonyl (C=O) groups is 5. The Hall–Kier alpha value is -4.45. The first-order valence-electron chi connectivity index (χ1n) is 12.8. The molecule has 9 N–H and O–H groups in total. The van der Waals surface area contributed by atoms with Crippen molar-refractivity contribution in [2.75, 3.05) is 0 Å². The third-order valence-corrected chi connectivity index (χ3v) is 6.00. The highest BCUT2D eigenvalue weighted by Gasteiger charge is 2.31. The zero-order valence-electron chi connectivity index (χ0n) is 22.5. The molecule has 0 radical (unpaired) electrons. The van der Waals surface area contributed by atoms with Gasteiger partial charge in [0, 0.05) is 6.42 Å². The molecule has 40 heavy (non-hydrogen) atoms. The molecule has 2 aromatic rings. The molecule has 12 heteroatoms. The number of aromatic hydroxyl groups is 1. The largest absolute Gasteiger partial charge is 0.508 e. The average Bonchev–Trinajstić information content (AvgIpc) is 2.88. The molecule has 4 amide bonds. The van der Waals surface area contributed by atoms with Crippen LogP contribution in [0.2, 0.25) is 0 Å². The van der Waals surface area contributed by atoms with E-state index in [0.717, 1.165) is 5.56 Å². The Bertz CT molecular complexity index is 1170. The van der Waals surface area contributed by atoms with E-state index in [2.05, 4.69) is 16.0 Å². The standard InChI is InChI=1S/C28H37N5O7/c1-16(2)12-23(28(39)40)33-27(38)22(15-24(30)35)32-26(37)21(14-18-8-10-19(34)11-9-18)31-25(36)20(29)13-17-6-4-3-5-7-17/h3-11,16,20-23,34H,12-15,29H2,1-2H3,(H2,30,35)(H,31,36)(H,32,37)(H,33,38)(H,39,40). The molecule has 0 fully saturated rings. The fraction of sp³-hybridized carbons (Fsp3) is 0.393. The van der Waals surface area contributed by atoms with Gasteiger partial charge in [-0.2, -0.15) is 0 Å². The Kier molecular flexibility index (Phi) is 12.1. The van der Waals surface area contributed by atoms with E-state index < -0.39 is 60.2 Å². The van der Waals surface area contributed by atoms with Gasteiger partial charge in [0.15, 0.2) is 0 Å². The second-order valence-corrected chi connectivity index (χ2v) is 9.99. The number of hydrogen-bond acceptors (Lipinski definition) is 7. The van der Waals surface area contributed by atoms with Crippen LogP contribution in [0.1, 0.15) is 37.8 Å². The number of nitrogens with two attached hydrogens (primary N) is 2. The molecule has 0 saturated heterocycles. The summed E-state index contributed by atoms with van der Waals surface area (Å²) in [6, 6.07) is 10.0. The van der Waals surface area contributed by atoms with Crippen LogP contribution in [0.15, 0.2) is 54.6 Å². The zero-order valence-corrected chi connectivity index (χ0v) is 22.5. The summed E-state index contributed by atoms with van der Waals surface area (Å²) in [6.07, 6.45) is -0.304. The summed E-state index contributed by atoms with van der Waals surface area (Å²) in [5.74, 6) is -4.57. The molecule has 0 heterocycles. The lowest BCUT2D eigenvalue weighted by molar-refractivity contribution is -0.143. The van der Waals surface area contributed by atoms with Crippen LogP contribution in [0, 0.1) is 5.92 Å². The molecular weight excluding hydrogens is 518 g/mol. The van der Waals surface area contributed by atoms with E-state index in [1.165, 1.54) is 12.1 Å². The highest BCUT2D eigenvalue weighted by molar-refractivity contribution is 5.96. The molecule has 216 valence electrons. The van der Waals surface area contributed by atoms with Crippen molar-refractivity contribution in [3.63, 3.8) is 0 Å². The summed E-state index contributed by atoms with van der Waals surface area (Å²) in [5, 5.41) is 26.4. The minimum atomic E-state index is -1.49. The minimum Gasteiger partial charge on any atom is -0.508 e. The van der Waals surface area contributed by atoms with Gasteiger partial charge in [0.2, 0.25) is 23.6 Å². The Morgan fingerprint density at radius 3 is 1.82 bits per heavy atom. The third-order valence-electron chi connectivity index (χ3n) is 6.00. The van der Waals surface area contributed by atoms with Gasteiger partial charge in [-0.1, -0.05) is 56.3 Å². The maximum Gasteiger partial charge on any atom is 0.326 e. The van der Waals surface area contributed by atoms with Gasteiger partial charge in [0.05, 0.1) is 12.5 Å². The molecule has 0 saturated carbocycles. The predicted molar refractivity (Wildman–Crippen MR) is 147 cm³/mol. The van der Waals surface area contributed by atoms with Crippen LogP contribution < -0.4 is 27.4 Å². The number of primary amides is 1. The summed E-state index contributed by atoms with van der Waals surface area (Å²) in [4.78, 5) is 62.6. The molecule has 0 aromatic heterocycles. The van der Waals surface area contributed by atoms with Crippen LogP contribution in [0.3, 0.4) is 0 Å². The summed E-state index contributed by atoms with van der Waals surface area (Å²) in [6.45, 7) is 3.56. The van der Waals surface area contributed by atoms with Crippen LogP contribution in [0.5, 0.6) is 5.75 Å². The molecule has 0 bridgehead atoms. The van der Waals surface area contributed by atoms with Gasteiger partial charge in [0.25, 0.3) is 0 Å². The lowest BCUT2D eigenvalue weighted by atomic mass is 10.0. The van der Waals surface area contributed by atoms with Crippen molar-refractivity contribution in [1.29, 1.82) is 0 Å². The molecule has 12 nitrogen and oxygen atoms in total. The third kappa shape index (κ3) is 10.7. The van der Waals surface area contributed by atoms with Crippen molar-refractivity contribution in [1.82, 2.24) is 16.0 Å². The van der Waals surface area contributed by atoms with Crippen molar-refractivity contribution in [3.05, 3.63) is 65.7 Å². The van der Waals surface area contributed by atoms with Gasteiger partial charge in [0.1, 0.15) is 23.9 Å². The number of phenolic OH excluding ortho intramolecular Hbond substituents is 1. The number of phenols is 1. The molecule has 0 aliphatic rings. The van der Waals surface area contributed by atoms with E-state index in [1.54, 1.807) is 38.1 Å². The number of hydrogen-bond donors (Lipinski definition) is 7. The molecule has 0 aliphatic heterocycles. The SMILES string of the molecule is CC(C)CC(NC(=O)C(CC(N)=O)NC(=O)C(Cc1ccc(O)cc1)NC(=O)C(N)Cc1ccccc1)C(=O)O. The van der Waals surface area contributed by atoms with Crippen LogP contribution in [-0.4, -0.2) is 64.0 Å². The second kappa shape index (κ2) is 15.2. The number of carboxylic acids is 1. The Morgan fingerprint density at radius 2 is 1.27 bits per heavy atom. The molecule has 0 spiro atoms. The quantitative estimate of drug-likeness (QED) is 0.158. The van der Waals surface area contributed by atoms with Gasteiger partial charge in [-0.3, -0.25) is 19.2 Å². The Labute approximate surface area is 232 Å². The first-order valence-corrected chi connectivity index (χ1v) is 12.8. The summed E-state index contributed by atoms with van der Waals surface area (Å²) < 4.78 is 0. The van der Waals surface area contributed by atoms with Gasteiger partial charge in [-0.05, 0) is 42.0 Å². The number of benzene rings is 2. The topological polar surface area (TPSA) is 214 Å². The summed E-state index contributed by atoms with van der Waals surface area (Å²) >= 11 is 0. The van der Waals surface area contributed by atoms with Gasteiger partial charge in [-0.15, -0.1) is 0 Å². The van der Waals surface area contributed by atoms with Crippen molar-refractivity contribution < 1.29 is 34.2 Å². The molecule has 2 aromatic carbocycles. The monoisotopic (exact) mass is 555 g/mol. The average molecular weight is 556 g/mol. The maximum atomic E-state index is 13.4. The normalized spacial score (nSPS) is 13.9. The molecule has 2 rings (SSSR count). The predicted octanol–water partition coefficient (Wildman–Crippen LogP) is -0.0348. The van der Waals surface area contributed by atoms with Crippen LogP contribution in [-0.2, 0) is 36.8 Å². The van der Waals surface area contributed by atoms with E-state index >= 15 is 0 Å². The lowest BCUT2D eigenvalue weighted by Crippen LogP contribution is -2.58. The molecule has 0 aliphatic carbocycles. The van der Waals surface area contributed by atoms with E-state index in [1.807, 2.05) is 18.2 Å². The number of rotatable bonds is 15. The van der Waals surface area contributed by atoms with Gasteiger partial charge >= 0.3 is 5.97 Å². The van der Waals surface area contributed by atoms with Crippen molar-refractivity contribution >= 4 is 29.6 Å². The fourth-order valence-electron chi connectivity index (χ4n) is 3.96. The van der Waals surface area contributed by atoms with Gasteiger partial charge < -0.3 is 37.6 Å². The van der Waals surface area contributed by atoms with E-state index in [-0.39, 0.29) is 30.9 Å². The first-order chi connectivity index (χ1) is 18.8. The number of nitrogens with one attached hydrogen (secondary N) is 3. The van der Waals surface area contributed by atoms with Gasteiger partial charge in [-0.25, -0.2) is 4.79 Å². The van der Waals surface area contributed by atoms with Crippen molar-refractivity contribution in [2.24, 2.45) is 17.4 Å². The number of carbonyl (C=O) groups excluding carboxylic acids is 4. The second-order valence-electron chi connectivity index (χ2n) is 9.99. The highest BCUT2D eigenvalue weighted by Crippen LogP contribution is 2.13. The summed E-state index contributed by atoms with van der Waals surface area (Å²) in [7, 11) is 0. The maximum absolute atomic E-state index is 13.4. The van der Waals surface area contributed by atoms with Crippen molar-refractivity contribution in [3.8, 4) is 5.75 Å². The number of aliphatic carboxylic acids is 1. The Balaban J connectivity index is 2.24. The lowest BCUT2D eigenvalue weighted by Gasteiger charge is -2.25.